The van der Waals surface area contributed by atoms with Crippen LogP contribution in [0.3, 0.4) is 0 Å². The predicted octanol–water partition coefficient (Wildman–Crippen LogP) is 2.36. The lowest BCUT2D eigenvalue weighted by Gasteiger charge is -1.95. The lowest BCUT2D eigenvalue weighted by Crippen LogP contribution is -1.98. The lowest BCUT2D eigenvalue weighted by atomic mass is 10.1. The minimum absolute atomic E-state index is 0.287. The molecular weight excluding hydrogens is 180 g/mol. The summed E-state index contributed by atoms with van der Waals surface area (Å²) in [5, 5.41) is 0. The van der Waals surface area contributed by atoms with Crippen LogP contribution in [0.2, 0.25) is 0 Å². The van der Waals surface area contributed by atoms with Gasteiger partial charge in [0, 0.05) is 12.0 Å². The van der Waals surface area contributed by atoms with E-state index in [1.807, 2.05) is 13.8 Å². The van der Waals surface area contributed by atoms with Crippen molar-refractivity contribution in [1.82, 2.24) is 0 Å². The molecule has 3 nitrogen and oxygen atoms in total. The Kier molecular flexibility index (Phi) is 9.30. The van der Waals surface area contributed by atoms with Crippen LogP contribution in [-0.4, -0.2) is 18.9 Å². The monoisotopic (exact) mass is 200 g/mol. The van der Waals surface area contributed by atoms with Gasteiger partial charge in [0.05, 0.1) is 7.11 Å². The molecule has 0 fully saturated rings. The van der Waals surface area contributed by atoms with Crippen LogP contribution in [0.15, 0.2) is 12.2 Å². The van der Waals surface area contributed by atoms with Gasteiger partial charge in [0.15, 0.2) is 0 Å². The van der Waals surface area contributed by atoms with Crippen LogP contribution >= 0.6 is 0 Å². The van der Waals surface area contributed by atoms with Crippen LogP contribution in [0.1, 0.15) is 34.1 Å². The van der Waals surface area contributed by atoms with Crippen molar-refractivity contribution in [3.05, 3.63) is 12.2 Å². The molecule has 0 saturated carbocycles. The average molecular weight is 200 g/mol. The quantitative estimate of drug-likeness (QED) is 0.519. The zero-order valence-corrected chi connectivity index (χ0v) is 9.72. The second kappa shape index (κ2) is 8.48. The summed E-state index contributed by atoms with van der Waals surface area (Å²) in [6, 6.07) is 0. The molecule has 0 heterocycles. The molecular formula is C11H20O3. The SMILES string of the molecule is C=C(C)C(=O)OC.CC(=O)CC(C)C. The molecule has 0 radical (unpaired) electrons. The van der Waals surface area contributed by atoms with Crippen molar-refractivity contribution < 1.29 is 14.3 Å². The zero-order chi connectivity index (χ0) is 11.7. The highest BCUT2D eigenvalue weighted by Crippen LogP contribution is 1.97. The number of ketones is 1. The van der Waals surface area contributed by atoms with Crippen molar-refractivity contribution in [2.75, 3.05) is 7.11 Å². The molecule has 0 aliphatic rings. The minimum Gasteiger partial charge on any atom is -0.466 e. The van der Waals surface area contributed by atoms with Gasteiger partial charge in [-0.15, -0.1) is 0 Å². The van der Waals surface area contributed by atoms with Crippen molar-refractivity contribution in [3.63, 3.8) is 0 Å². The summed E-state index contributed by atoms with van der Waals surface area (Å²) in [5.74, 6) is 0.465. The Morgan fingerprint density at radius 3 is 1.71 bits per heavy atom. The van der Waals surface area contributed by atoms with E-state index in [4.69, 9.17) is 0 Å². The molecule has 0 unspecified atom stereocenters. The maximum Gasteiger partial charge on any atom is 0.332 e. The molecule has 0 aliphatic heterocycles. The molecule has 0 saturated heterocycles. The fourth-order valence-corrected chi connectivity index (χ4v) is 0.749. The Morgan fingerprint density at radius 1 is 1.29 bits per heavy atom. The molecule has 0 aromatic rings. The van der Waals surface area contributed by atoms with Crippen LogP contribution in [0.5, 0.6) is 0 Å². The van der Waals surface area contributed by atoms with Crippen LogP contribution in [0.25, 0.3) is 0 Å². The first-order valence-corrected chi connectivity index (χ1v) is 4.54. The van der Waals surface area contributed by atoms with E-state index in [0.29, 0.717) is 11.5 Å². The first-order valence-electron chi connectivity index (χ1n) is 4.54. The fourth-order valence-electron chi connectivity index (χ4n) is 0.749. The summed E-state index contributed by atoms with van der Waals surface area (Å²) in [6.07, 6.45) is 0.722. The third kappa shape index (κ3) is 13.5. The highest BCUT2D eigenvalue weighted by molar-refractivity contribution is 5.86. The Labute approximate surface area is 86.1 Å². The van der Waals surface area contributed by atoms with Gasteiger partial charge in [0.2, 0.25) is 0 Å². The van der Waals surface area contributed by atoms with E-state index in [2.05, 4.69) is 11.3 Å². The lowest BCUT2D eigenvalue weighted by molar-refractivity contribution is -0.136. The van der Waals surface area contributed by atoms with E-state index in [1.54, 1.807) is 13.8 Å². The third-order valence-electron chi connectivity index (χ3n) is 1.23. The first-order chi connectivity index (χ1) is 6.31. The van der Waals surface area contributed by atoms with Gasteiger partial charge >= 0.3 is 5.97 Å². The molecule has 14 heavy (non-hydrogen) atoms. The van der Waals surface area contributed by atoms with Gasteiger partial charge in [-0.25, -0.2) is 4.79 Å². The molecule has 0 N–H and O–H groups in total. The number of carbonyl (C=O) groups excluding carboxylic acids is 2. The Hall–Kier alpha value is -1.12. The highest BCUT2D eigenvalue weighted by atomic mass is 16.5. The van der Waals surface area contributed by atoms with Crippen LogP contribution < -0.4 is 0 Å². The van der Waals surface area contributed by atoms with Crippen molar-refractivity contribution in [2.45, 2.75) is 34.1 Å². The molecule has 0 aliphatic carbocycles. The van der Waals surface area contributed by atoms with Gasteiger partial charge in [-0.2, -0.15) is 0 Å². The zero-order valence-electron chi connectivity index (χ0n) is 9.72. The molecule has 0 amide bonds. The number of hydrogen-bond acceptors (Lipinski definition) is 3. The minimum atomic E-state index is -0.347. The van der Waals surface area contributed by atoms with Gasteiger partial charge in [-0.1, -0.05) is 20.4 Å². The highest BCUT2D eigenvalue weighted by Gasteiger charge is 1.95. The number of esters is 1. The summed E-state index contributed by atoms with van der Waals surface area (Å²) < 4.78 is 4.27. The molecule has 0 bridgehead atoms. The summed E-state index contributed by atoms with van der Waals surface area (Å²) in [5.41, 5.74) is 0.433. The Bertz CT molecular complexity index is 205. The molecule has 0 aromatic heterocycles. The fraction of sp³-hybridized carbons (Fsp3) is 0.636. The largest absolute Gasteiger partial charge is 0.466 e. The van der Waals surface area contributed by atoms with Gasteiger partial charge in [-0.3, -0.25) is 0 Å². The van der Waals surface area contributed by atoms with Gasteiger partial charge < -0.3 is 9.53 Å². The number of rotatable bonds is 3. The second-order valence-corrected chi connectivity index (χ2v) is 3.57. The average Bonchev–Trinajstić information content (AvgIpc) is 2.01. The number of hydrogen-bond donors (Lipinski definition) is 0. The smallest absolute Gasteiger partial charge is 0.332 e. The van der Waals surface area contributed by atoms with Crippen molar-refractivity contribution >= 4 is 11.8 Å². The summed E-state index contributed by atoms with van der Waals surface area (Å²) >= 11 is 0. The predicted molar refractivity (Wildman–Crippen MR) is 57.0 cm³/mol. The number of ether oxygens (including phenoxy) is 1. The van der Waals surface area contributed by atoms with E-state index in [-0.39, 0.29) is 11.8 Å². The van der Waals surface area contributed by atoms with Gasteiger partial charge in [0.25, 0.3) is 0 Å². The summed E-state index contributed by atoms with van der Waals surface area (Å²) in [4.78, 5) is 20.4. The molecule has 0 aromatic carbocycles. The summed E-state index contributed by atoms with van der Waals surface area (Å²) in [6.45, 7) is 10.7. The van der Waals surface area contributed by atoms with E-state index in [9.17, 15) is 9.59 Å². The molecule has 0 spiro atoms. The Balaban J connectivity index is 0. The maximum absolute atomic E-state index is 10.3. The van der Waals surface area contributed by atoms with Crippen LogP contribution in [0, 0.1) is 5.92 Å². The summed E-state index contributed by atoms with van der Waals surface area (Å²) in [7, 11) is 1.33. The molecule has 3 heteroatoms. The van der Waals surface area contributed by atoms with Crippen molar-refractivity contribution in [2.24, 2.45) is 5.92 Å². The van der Waals surface area contributed by atoms with Gasteiger partial charge in [0.1, 0.15) is 5.78 Å². The number of Topliss-reactive ketones (excluding diaryl/α,β-unsaturated/α-hetero) is 1. The van der Waals surface area contributed by atoms with Crippen LogP contribution in [-0.2, 0) is 14.3 Å². The third-order valence-corrected chi connectivity index (χ3v) is 1.23. The number of carbonyl (C=O) groups is 2. The molecule has 0 rings (SSSR count). The van der Waals surface area contributed by atoms with Gasteiger partial charge in [-0.05, 0) is 19.8 Å². The molecule has 82 valence electrons. The molecule has 0 atom stereocenters. The topological polar surface area (TPSA) is 43.4 Å². The number of methoxy groups -OCH3 is 1. The first kappa shape index (κ1) is 15.4. The standard InChI is InChI=1S/C6H12O.C5H8O2/c1-5(2)4-6(3)7;1-4(2)5(6)7-3/h5H,4H2,1-3H3;1H2,2-3H3. The Morgan fingerprint density at radius 2 is 1.71 bits per heavy atom. The van der Waals surface area contributed by atoms with E-state index >= 15 is 0 Å². The second-order valence-electron chi connectivity index (χ2n) is 3.57. The van der Waals surface area contributed by atoms with E-state index in [0.717, 1.165) is 6.42 Å². The van der Waals surface area contributed by atoms with E-state index < -0.39 is 0 Å². The van der Waals surface area contributed by atoms with Crippen molar-refractivity contribution in [1.29, 1.82) is 0 Å². The van der Waals surface area contributed by atoms with Crippen molar-refractivity contribution in [3.8, 4) is 0 Å². The normalized spacial score (nSPS) is 8.71. The van der Waals surface area contributed by atoms with E-state index in [1.165, 1.54) is 7.11 Å². The van der Waals surface area contributed by atoms with Crippen LogP contribution in [0.4, 0.5) is 0 Å². The maximum atomic E-state index is 10.3.